The first-order chi connectivity index (χ1) is 16.8. The molecule has 9 nitrogen and oxygen atoms in total. The van der Waals surface area contributed by atoms with Crippen LogP contribution in [0.15, 0.2) is 18.2 Å². The molecule has 188 valence electrons. The van der Waals surface area contributed by atoms with Gasteiger partial charge in [-0.15, -0.1) is 0 Å². The Hall–Kier alpha value is -2.69. The number of aromatic amines is 1. The Balaban J connectivity index is 1.52. The molecule has 3 aromatic rings. The van der Waals surface area contributed by atoms with Crippen LogP contribution in [0.2, 0.25) is 5.15 Å². The largest absolute Gasteiger partial charge is 0.462 e. The van der Waals surface area contributed by atoms with Gasteiger partial charge in [-0.05, 0) is 31.9 Å². The van der Waals surface area contributed by atoms with E-state index < -0.39 is 0 Å². The standard InChI is InChI=1S/C24H31ClN6O3S/c1-5-15-20(25)30-21(27-15)22(32)28-16-10-11-31(12-18(16)26-13(3)4)24-29-17-9-7-8-14(19(17)35-24)23(33)34-6-2/h7-9,13,16,18,26H,5-6,10-12H2,1-4H3,(H,27,30)(H,28,32)/t16-,18-/m0/s1. The number of carbonyl (C=O) groups is 2. The van der Waals surface area contributed by atoms with Gasteiger partial charge in [0.25, 0.3) is 5.91 Å². The van der Waals surface area contributed by atoms with Gasteiger partial charge in [0.1, 0.15) is 0 Å². The number of fused-ring (bicyclic) bond motifs is 1. The van der Waals surface area contributed by atoms with Gasteiger partial charge in [0.15, 0.2) is 16.1 Å². The molecule has 35 heavy (non-hydrogen) atoms. The van der Waals surface area contributed by atoms with E-state index in [1.54, 1.807) is 13.0 Å². The second kappa shape index (κ2) is 10.9. The van der Waals surface area contributed by atoms with Crippen molar-refractivity contribution in [1.82, 2.24) is 25.6 Å². The van der Waals surface area contributed by atoms with E-state index in [-0.39, 0.29) is 35.8 Å². The van der Waals surface area contributed by atoms with Crippen LogP contribution in [0, 0.1) is 0 Å². The average molecular weight is 519 g/mol. The molecular formula is C24H31ClN6O3S. The van der Waals surface area contributed by atoms with Crippen molar-refractivity contribution in [3.8, 4) is 0 Å². The van der Waals surface area contributed by atoms with Crippen molar-refractivity contribution >= 4 is 50.2 Å². The van der Waals surface area contributed by atoms with E-state index in [9.17, 15) is 9.59 Å². The number of esters is 1. The molecular weight excluding hydrogens is 488 g/mol. The van der Waals surface area contributed by atoms with Crippen LogP contribution in [0.4, 0.5) is 5.13 Å². The van der Waals surface area contributed by atoms with Crippen LogP contribution in [0.5, 0.6) is 0 Å². The Labute approximate surface area is 213 Å². The highest BCUT2D eigenvalue weighted by atomic mass is 35.5. The topological polar surface area (TPSA) is 112 Å². The van der Waals surface area contributed by atoms with Crippen LogP contribution >= 0.6 is 22.9 Å². The van der Waals surface area contributed by atoms with E-state index in [1.807, 2.05) is 19.1 Å². The van der Waals surface area contributed by atoms with Crippen LogP contribution < -0.4 is 15.5 Å². The van der Waals surface area contributed by atoms with Crippen molar-refractivity contribution in [2.24, 2.45) is 0 Å². The molecule has 2 atom stereocenters. The monoisotopic (exact) mass is 518 g/mol. The molecule has 2 aromatic heterocycles. The zero-order chi connectivity index (χ0) is 25.1. The summed E-state index contributed by atoms with van der Waals surface area (Å²) in [6.45, 7) is 9.63. The normalized spacial score (nSPS) is 18.3. The predicted octanol–water partition coefficient (Wildman–Crippen LogP) is 3.79. The van der Waals surface area contributed by atoms with Crippen LogP contribution in [-0.4, -0.2) is 64.7 Å². The first-order valence-electron chi connectivity index (χ1n) is 11.9. The number of thiazole rings is 1. The molecule has 1 aliphatic heterocycles. The summed E-state index contributed by atoms with van der Waals surface area (Å²) in [6.07, 6.45) is 1.40. The Morgan fingerprint density at radius 1 is 1.29 bits per heavy atom. The Morgan fingerprint density at radius 2 is 2.09 bits per heavy atom. The number of carbonyl (C=O) groups excluding carboxylic acids is 2. The fraction of sp³-hybridized carbons (Fsp3) is 0.500. The molecule has 11 heteroatoms. The molecule has 3 N–H and O–H groups in total. The van der Waals surface area contributed by atoms with Gasteiger partial charge in [-0.3, -0.25) is 4.79 Å². The molecule has 0 bridgehead atoms. The van der Waals surface area contributed by atoms with Gasteiger partial charge < -0.3 is 25.3 Å². The number of halogens is 1. The summed E-state index contributed by atoms with van der Waals surface area (Å²) in [5, 5.41) is 7.90. The van der Waals surface area contributed by atoms with E-state index in [2.05, 4.69) is 39.3 Å². The Bertz CT molecular complexity index is 1210. The first kappa shape index (κ1) is 25.4. The van der Waals surface area contributed by atoms with Crippen molar-refractivity contribution < 1.29 is 14.3 Å². The summed E-state index contributed by atoms with van der Waals surface area (Å²) in [4.78, 5) is 39.5. The number of nitrogens with one attached hydrogen (secondary N) is 3. The van der Waals surface area contributed by atoms with Gasteiger partial charge in [-0.1, -0.05) is 49.8 Å². The molecule has 4 rings (SSSR count). The SMILES string of the molecule is CCOC(=O)c1cccc2nc(N3CC[C@H](NC(=O)c4nc(Cl)c(CC)[nH]4)[C@@H](NC(C)C)C3)sc12. The summed E-state index contributed by atoms with van der Waals surface area (Å²) >= 11 is 7.62. The summed E-state index contributed by atoms with van der Waals surface area (Å²) in [5.41, 5.74) is 2.07. The minimum atomic E-state index is -0.335. The smallest absolute Gasteiger partial charge is 0.339 e. The first-order valence-corrected chi connectivity index (χ1v) is 13.1. The number of aryl methyl sites for hydroxylation is 1. The number of amides is 1. The number of nitrogens with zero attached hydrogens (tertiary/aromatic N) is 3. The van der Waals surface area contributed by atoms with Gasteiger partial charge in [-0.25, -0.2) is 14.8 Å². The molecule has 1 aromatic carbocycles. The third-order valence-corrected chi connectivity index (χ3v) is 7.42. The average Bonchev–Trinajstić information content (AvgIpc) is 3.43. The highest BCUT2D eigenvalue weighted by Crippen LogP contribution is 2.33. The molecule has 1 fully saturated rings. The lowest BCUT2D eigenvalue weighted by Gasteiger charge is -2.40. The molecule has 0 unspecified atom stereocenters. The second-order valence-corrected chi connectivity index (χ2v) is 10.2. The van der Waals surface area contributed by atoms with E-state index >= 15 is 0 Å². The maximum absolute atomic E-state index is 12.9. The number of H-pyrrole nitrogens is 1. The number of imidazole rings is 1. The molecule has 1 saturated heterocycles. The van der Waals surface area contributed by atoms with E-state index in [0.29, 0.717) is 30.3 Å². The maximum Gasteiger partial charge on any atom is 0.339 e. The van der Waals surface area contributed by atoms with Crippen molar-refractivity contribution in [2.45, 2.75) is 58.7 Å². The molecule has 0 saturated carbocycles. The fourth-order valence-corrected chi connectivity index (χ4v) is 5.67. The summed E-state index contributed by atoms with van der Waals surface area (Å²) in [5.74, 6) is -0.367. The number of ether oxygens (including phenoxy) is 1. The maximum atomic E-state index is 12.9. The second-order valence-electron chi connectivity index (χ2n) is 8.82. The number of rotatable bonds is 8. The molecule has 0 spiro atoms. The van der Waals surface area contributed by atoms with Crippen LogP contribution in [0.3, 0.4) is 0 Å². The summed E-state index contributed by atoms with van der Waals surface area (Å²) in [6, 6.07) is 5.66. The molecule has 0 radical (unpaired) electrons. The van der Waals surface area contributed by atoms with Gasteiger partial charge >= 0.3 is 5.97 Å². The summed E-state index contributed by atoms with van der Waals surface area (Å²) < 4.78 is 6.04. The highest BCUT2D eigenvalue weighted by Gasteiger charge is 2.33. The molecule has 0 aliphatic carbocycles. The minimum absolute atomic E-state index is 0.000295. The van der Waals surface area contributed by atoms with E-state index in [0.717, 1.165) is 34.0 Å². The Kier molecular flexibility index (Phi) is 7.93. The lowest BCUT2D eigenvalue weighted by molar-refractivity contribution is 0.0528. The van der Waals surface area contributed by atoms with Gasteiger partial charge in [-0.2, -0.15) is 0 Å². The van der Waals surface area contributed by atoms with Gasteiger partial charge in [0.2, 0.25) is 0 Å². The number of hydrogen-bond donors (Lipinski definition) is 3. The van der Waals surface area contributed by atoms with Crippen molar-refractivity contribution in [3.05, 3.63) is 40.4 Å². The quantitative estimate of drug-likeness (QED) is 0.389. The third kappa shape index (κ3) is 5.60. The summed E-state index contributed by atoms with van der Waals surface area (Å²) in [7, 11) is 0. The molecule has 3 heterocycles. The number of benzene rings is 1. The lowest BCUT2D eigenvalue weighted by atomic mass is 9.98. The fourth-order valence-electron chi connectivity index (χ4n) is 4.30. The number of hydrogen-bond acceptors (Lipinski definition) is 8. The van der Waals surface area contributed by atoms with Crippen molar-refractivity contribution in [2.75, 3.05) is 24.6 Å². The van der Waals surface area contributed by atoms with Gasteiger partial charge in [0, 0.05) is 31.2 Å². The lowest BCUT2D eigenvalue weighted by Crippen LogP contribution is -2.60. The zero-order valence-corrected chi connectivity index (χ0v) is 21.9. The van der Waals surface area contributed by atoms with Crippen LogP contribution in [-0.2, 0) is 11.2 Å². The number of piperidine rings is 1. The zero-order valence-electron chi connectivity index (χ0n) is 20.4. The Morgan fingerprint density at radius 3 is 2.77 bits per heavy atom. The van der Waals surface area contributed by atoms with Gasteiger partial charge in [0.05, 0.1) is 28.1 Å². The molecule has 1 aliphatic rings. The minimum Gasteiger partial charge on any atom is -0.462 e. The van der Waals surface area contributed by atoms with Crippen molar-refractivity contribution in [3.63, 3.8) is 0 Å². The highest BCUT2D eigenvalue weighted by molar-refractivity contribution is 7.22. The number of aromatic nitrogens is 3. The van der Waals surface area contributed by atoms with Crippen molar-refractivity contribution in [1.29, 1.82) is 0 Å². The van der Waals surface area contributed by atoms with Crippen LogP contribution in [0.1, 0.15) is 60.8 Å². The van der Waals surface area contributed by atoms with E-state index in [4.69, 9.17) is 21.3 Å². The van der Waals surface area contributed by atoms with Crippen LogP contribution in [0.25, 0.3) is 10.2 Å². The third-order valence-electron chi connectivity index (χ3n) is 5.94. The number of anilines is 1. The molecule has 1 amide bonds. The van der Waals surface area contributed by atoms with E-state index in [1.165, 1.54) is 11.3 Å². The predicted molar refractivity (Wildman–Crippen MR) is 139 cm³/mol.